The molecule has 0 saturated carbocycles. The molecule has 1 amide bonds. The molecule has 3 rings (SSSR count). The van der Waals surface area contributed by atoms with Crippen LogP contribution in [0, 0.1) is 0 Å². The van der Waals surface area contributed by atoms with E-state index < -0.39 is 18.4 Å². The van der Waals surface area contributed by atoms with Crippen LogP contribution >= 0.6 is 0 Å². The number of carboxylic acid groups (broad SMARTS) is 1. The summed E-state index contributed by atoms with van der Waals surface area (Å²) in [6.45, 7) is 1.73. The molecule has 1 atom stereocenters. The minimum atomic E-state index is -1.10. The molecular weight excluding hydrogens is 326 g/mol. The molecule has 0 bridgehead atoms. The minimum absolute atomic E-state index is 0.359. The Bertz CT molecular complexity index is 797. The first-order chi connectivity index (χ1) is 12.0. The van der Waals surface area contributed by atoms with Crippen molar-refractivity contribution in [2.24, 2.45) is 10.1 Å². The molecule has 25 heavy (non-hydrogen) atoms. The second kappa shape index (κ2) is 6.73. The van der Waals surface area contributed by atoms with E-state index in [1.165, 1.54) is 6.34 Å². The monoisotopic (exact) mass is 344 g/mol. The molecule has 1 aromatic rings. The van der Waals surface area contributed by atoms with Gasteiger partial charge in [0.15, 0.2) is 6.34 Å². The summed E-state index contributed by atoms with van der Waals surface area (Å²) in [6, 6.07) is 7.53. The van der Waals surface area contributed by atoms with Gasteiger partial charge in [0.25, 0.3) is 5.70 Å². The standard InChI is InChI=1S/C16H17N5O4/c1-10-14-15(24)20(8-13(22)23)9-18-21(14)16(19-10)17-7-11-3-5-12(25-2)6-4-11/h3-6,9H,7-8H2,1-2H3,(H,17,19)(H,22,23)/p+1. The summed E-state index contributed by atoms with van der Waals surface area (Å²) in [5, 5.41) is 16.6. The molecule has 0 aliphatic carbocycles. The average Bonchev–Trinajstić information content (AvgIpc) is 2.92. The zero-order chi connectivity index (χ0) is 18.0. The van der Waals surface area contributed by atoms with E-state index >= 15 is 0 Å². The first-order valence-electron chi connectivity index (χ1n) is 7.59. The number of nitrogens with zero attached hydrogens (tertiary/aromatic N) is 3. The number of methoxy groups -OCH3 is 1. The molecule has 0 spiro atoms. The first-order valence-corrected chi connectivity index (χ1v) is 7.59. The van der Waals surface area contributed by atoms with E-state index in [9.17, 15) is 9.59 Å². The molecule has 130 valence electrons. The Morgan fingerprint density at radius 1 is 1.40 bits per heavy atom. The topological polar surface area (TPSA) is 108 Å². The maximum absolute atomic E-state index is 12.4. The third kappa shape index (κ3) is 3.36. The average molecular weight is 344 g/mol. The number of carbonyl (C=O) groups excluding carboxylic acids is 1. The van der Waals surface area contributed by atoms with Crippen molar-refractivity contribution in [1.29, 1.82) is 0 Å². The van der Waals surface area contributed by atoms with Crippen LogP contribution in [0.1, 0.15) is 12.5 Å². The number of aliphatic imine (C=N–C) groups is 1. The number of guanidine groups is 1. The SMILES string of the molecule is COc1ccc(CN=C2NC(C)=C3C(=O)N(CC(=O)O)C=N[NH+]23)cc1. The van der Waals surface area contributed by atoms with Crippen molar-refractivity contribution in [1.82, 2.24) is 10.2 Å². The molecule has 2 aliphatic rings. The van der Waals surface area contributed by atoms with Crippen LogP contribution in [0.15, 0.2) is 45.8 Å². The third-order valence-corrected chi connectivity index (χ3v) is 3.83. The Morgan fingerprint density at radius 2 is 2.12 bits per heavy atom. The van der Waals surface area contributed by atoms with Crippen LogP contribution in [-0.2, 0) is 16.1 Å². The van der Waals surface area contributed by atoms with Gasteiger partial charge in [-0.1, -0.05) is 17.2 Å². The number of nitrogens with one attached hydrogen (secondary N) is 2. The highest BCUT2D eigenvalue weighted by molar-refractivity contribution is 6.04. The van der Waals surface area contributed by atoms with E-state index in [1.807, 2.05) is 24.3 Å². The van der Waals surface area contributed by atoms with Gasteiger partial charge in [0.05, 0.1) is 19.4 Å². The number of quaternary nitrogens is 1. The fourth-order valence-electron chi connectivity index (χ4n) is 2.58. The number of amides is 1. The quantitative estimate of drug-likeness (QED) is 0.644. The van der Waals surface area contributed by atoms with E-state index in [2.05, 4.69) is 15.4 Å². The Labute approximate surface area is 143 Å². The smallest absolute Gasteiger partial charge is 0.333 e. The summed E-state index contributed by atoms with van der Waals surface area (Å²) in [5.74, 6) is -0.221. The largest absolute Gasteiger partial charge is 0.497 e. The number of carbonyl (C=O) groups is 2. The van der Waals surface area contributed by atoms with Gasteiger partial charge < -0.3 is 9.84 Å². The van der Waals surface area contributed by atoms with Gasteiger partial charge in [-0.2, -0.15) is 0 Å². The number of carboxylic acids is 1. The van der Waals surface area contributed by atoms with Crippen LogP contribution in [0.5, 0.6) is 5.75 Å². The maximum atomic E-state index is 12.4. The number of benzene rings is 1. The Morgan fingerprint density at radius 3 is 2.76 bits per heavy atom. The molecule has 0 radical (unpaired) electrons. The lowest BCUT2D eigenvalue weighted by atomic mass is 10.2. The van der Waals surface area contributed by atoms with Crippen molar-refractivity contribution in [2.45, 2.75) is 13.5 Å². The van der Waals surface area contributed by atoms with Crippen molar-refractivity contribution >= 4 is 24.2 Å². The number of aliphatic carboxylic acids is 1. The second-order valence-corrected chi connectivity index (χ2v) is 5.56. The molecule has 9 nitrogen and oxygen atoms in total. The number of allylic oxidation sites excluding steroid dienone is 1. The van der Waals surface area contributed by atoms with Crippen molar-refractivity contribution in [2.75, 3.05) is 13.7 Å². The van der Waals surface area contributed by atoms with Crippen LogP contribution in [0.25, 0.3) is 0 Å². The first kappa shape index (κ1) is 16.7. The van der Waals surface area contributed by atoms with E-state index in [4.69, 9.17) is 9.84 Å². The summed E-state index contributed by atoms with van der Waals surface area (Å²) in [7, 11) is 1.61. The lowest BCUT2D eigenvalue weighted by molar-refractivity contribution is -0.764. The van der Waals surface area contributed by atoms with Crippen molar-refractivity contribution in [3.05, 3.63) is 41.2 Å². The summed E-state index contributed by atoms with van der Waals surface area (Å²) in [5.41, 5.74) is 1.96. The fourth-order valence-corrected chi connectivity index (χ4v) is 2.58. The summed E-state index contributed by atoms with van der Waals surface area (Å²) < 4.78 is 5.12. The number of hydrogen-bond donors (Lipinski definition) is 3. The highest BCUT2D eigenvalue weighted by Crippen LogP contribution is 2.12. The van der Waals surface area contributed by atoms with Crippen molar-refractivity contribution < 1.29 is 24.4 Å². The molecule has 3 N–H and O–H groups in total. The lowest BCUT2D eigenvalue weighted by Gasteiger charge is -2.20. The molecule has 9 heteroatoms. The number of ether oxygens (including phenoxy) is 1. The van der Waals surface area contributed by atoms with E-state index in [-0.39, 0.29) is 0 Å². The molecule has 0 fully saturated rings. The van der Waals surface area contributed by atoms with Gasteiger partial charge >= 0.3 is 17.8 Å². The predicted molar refractivity (Wildman–Crippen MR) is 88.8 cm³/mol. The van der Waals surface area contributed by atoms with E-state index in [0.717, 1.165) is 16.2 Å². The zero-order valence-electron chi connectivity index (χ0n) is 13.8. The Balaban J connectivity index is 1.77. The molecule has 1 unspecified atom stereocenters. The predicted octanol–water partition coefficient (Wildman–Crippen LogP) is -0.859. The Kier molecular flexibility index (Phi) is 4.48. The van der Waals surface area contributed by atoms with E-state index in [1.54, 1.807) is 14.0 Å². The zero-order valence-corrected chi connectivity index (χ0v) is 13.8. The summed E-state index contributed by atoms with van der Waals surface area (Å²) >= 11 is 0. The fraction of sp³-hybridized carbons (Fsp3) is 0.250. The molecule has 2 aliphatic heterocycles. The second-order valence-electron chi connectivity index (χ2n) is 5.56. The molecular formula is C16H18N5O4+. The summed E-state index contributed by atoms with van der Waals surface area (Å²) in [4.78, 5) is 28.8. The van der Waals surface area contributed by atoms with Gasteiger partial charge in [-0.15, -0.1) is 5.01 Å². The van der Waals surface area contributed by atoms with Crippen LogP contribution in [0.2, 0.25) is 0 Å². The summed E-state index contributed by atoms with van der Waals surface area (Å²) in [6.07, 6.45) is 1.23. The lowest BCUT2D eigenvalue weighted by Crippen LogP contribution is -3.10. The third-order valence-electron chi connectivity index (χ3n) is 3.83. The van der Waals surface area contributed by atoms with E-state index in [0.29, 0.717) is 28.9 Å². The van der Waals surface area contributed by atoms with Crippen molar-refractivity contribution in [3.8, 4) is 5.75 Å². The minimum Gasteiger partial charge on any atom is -0.497 e. The Hall–Kier alpha value is -3.20. The van der Waals surface area contributed by atoms with Crippen LogP contribution < -0.4 is 15.1 Å². The van der Waals surface area contributed by atoms with Crippen LogP contribution in [0.3, 0.4) is 0 Å². The van der Waals surface area contributed by atoms with Gasteiger partial charge in [-0.3, -0.25) is 19.8 Å². The van der Waals surface area contributed by atoms with Gasteiger partial charge in [-0.05, 0) is 24.6 Å². The van der Waals surface area contributed by atoms with Gasteiger partial charge in [0, 0.05) is 0 Å². The van der Waals surface area contributed by atoms with Crippen LogP contribution in [-0.4, -0.2) is 47.8 Å². The highest BCUT2D eigenvalue weighted by Gasteiger charge is 2.43. The molecule has 2 heterocycles. The van der Waals surface area contributed by atoms with Gasteiger partial charge in [0.2, 0.25) is 0 Å². The highest BCUT2D eigenvalue weighted by atomic mass is 16.5. The van der Waals surface area contributed by atoms with Gasteiger partial charge in [-0.25, -0.2) is 4.99 Å². The maximum Gasteiger partial charge on any atom is 0.333 e. The number of rotatable bonds is 5. The molecule has 0 aromatic heterocycles. The van der Waals surface area contributed by atoms with Crippen LogP contribution in [0.4, 0.5) is 0 Å². The van der Waals surface area contributed by atoms with Crippen molar-refractivity contribution in [3.63, 3.8) is 0 Å². The molecule has 1 aromatic carbocycles. The normalized spacial score (nSPS) is 20.7. The number of hydrogen-bond acceptors (Lipinski definition) is 5. The number of fused-ring (bicyclic) bond motifs is 1. The molecule has 0 saturated heterocycles. The van der Waals surface area contributed by atoms with Gasteiger partial charge in [0.1, 0.15) is 12.3 Å².